The Morgan fingerprint density at radius 2 is 1.82 bits per heavy atom. The van der Waals surface area contributed by atoms with Crippen LogP contribution in [0.1, 0.15) is 71.1 Å². The summed E-state index contributed by atoms with van der Waals surface area (Å²) in [4.78, 5) is 24.0. The van der Waals surface area contributed by atoms with E-state index in [4.69, 9.17) is 4.74 Å². The number of carbonyl (C=O) groups is 2. The second-order valence-corrected chi connectivity index (χ2v) is 6.80. The Morgan fingerprint density at radius 3 is 2.36 bits per heavy atom. The van der Waals surface area contributed by atoms with Gasteiger partial charge in [-0.3, -0.25) is 9.59 Å². The summed E-state index contributed by atoms with van der Waals surface area (Å²) in [6.45, 7) is 2.17. The minimum Gasteiger partial charge on any atom is -0.481 e. The Bertz CT molecular complexity index is 384. The highest BCUT2D eigenvalue weighted by Gasteiger charge is 2.40. The van der Waals surface area contributed by atoms with Crippen molar-refractivity contribution in [1.29, 1.82) is 0 Å². The molecule has 2 aliphatic rings. The highest BCUT2D eigenvalue weighted by Crippen LogP contribution is 2.36. The lowest BCUT2D eigenvalue weighted by Crippen LogP contribution is -2.47. The van der Waals surface area contributed by atoms with Gasteiger partial charge in [0.05, 0.1) is 11.5 Å². The average Bonchev–Trinajstić information content (AvgIpc) is 3.04. The summed E-state index contributed by atoms with van der Waals surface area (Å²) in [5.74, 6) is -0.933. The zero-order valence-electron chi connectivity index (χ0n) is 13.6. The maximum Gasteiger partial charge on any atom is 0.311 e. The number of hydrogen-bond acceptors (Lipinski definition) is 3. The molecule has 0 aliphatic heterocycles. The van der Waals surface area contributed by atoms with Gasteiger partial charge in [-0.05, 0) is 32.1 Å². The molecule has 22 heavy (non-hydrogen) atoms. The molecule has 1 atom stereocenters. The van der Waals surface area contributed by atoms with Gasteiger partial charge in [0.1, 0.15) is 6.10 Å². The molecule has 2 N–H and O–H groups in total. The smallest absolute Gasteiger partial charge is 0.311 e. The van der Waals surface area contributed by atoms with Gasteiger partial charge in [-0.2, -0.15) is 0 Å². The average molecular weight is 311 g/mol. The van der Waals surface area contributed by atoms with Gasteiger partial charge in [0.2, 0.25) is 5.91 Å². The van der Waals surface area contributed by atoms with Crippen LogP contribution in [0.15, 0.2) is 0 Å². The number of ether oxygens (including phenoxy) is 1. The first-order valence-electron chi connectivity index (χ1n) is 8.74. The lowest BCUT2D eigenvalue weighted by atomic mass is 9.74. The molecule has 0 aromatic heterocycles. The first kappa shape index (κ1) is 17.3. The van der Waals surface area contributed by atoms with Crippen molar-refractivity contribution in [2.24, 2.45) is 5.41 Å². The summed E-state index contributed by atoms with van der Waals surface area (Å²) in [7, 11) is 0. The van der Waals surface area contributed by atoms with Gasteiger partial charge in [0, 0.05) is 6.54 Å². The standard InChI is InChI=1S/C17H29NO4/c1-2-14(22-13-8-4-5-9-13)15(19)18-12-17(16(20)21)10-6-3-7-11-17/h13-14H,2-12H2,1H3,(H,18,19)(H,20,21). The molecule has 5 heteroatoms. The fourth-order valence-corrected chi connectivity index (χ4v) is 3.67. The molecule has 0 heterocycles. The summed E-state index contributed by atoms with van der Waals surface area (Å²) in [6, 6.07) is 0. The minimum atomic E-state index is -0.780. The molecule has 0 bridgehead atoms. The van der Waals surface area contributed by atoms with Crippen molar-refractivity contribution in [3.63, 3.8) is 0 Å². The van der Waals surface area contributed by atoms with Gasteiger partial charge in [-0.25, -0.2) is 0 Å². The minimum absolute atomic E-state index is 0.152. The molecule has 2 fully saturated rings. The van der Waals surface area contributed by atoms with E-state index in [1.165, 1.54) is 12.8 Å². The van der Waals surface area contributed by atoms with Crippen molar-refractivity contribution in [1.82, 2.24) is 5.32 Å². The Hall–Kier alpha value is -1.10. The Labute approximate surface area is 132 Å². The van der Waals surface area contributed by atoms with Crippen molar-refractivity contribution in [2.45, 2.75) is 83.3 Å². The number of carboxylic acid groups (broad SMARTS) is 1. The number of nitrogens with one attached hydrogen (secondary N) is 1. The third-order valence-electron chi connectivity index (χ3n) is 5.19. The van der Waals surface area contributed by atoms with Crippen LogP contribution in [-0.4, -0.2) is 35.7 Å². The summed E-state index contributed by atoms with van der Waals surface area (Å²) in [6.07, 6.45) is 9.04. The highest BCUT2D eigenvalue weighted by atomic mass is 16.5. The summed E-state index contributed by atoms with van der Waals surface area (Å²) < 4.78 is 5.90. The number of hydrogen-bond donors (Lipinski definition) is 2. The van der Waals surface area contributed by atoms with Gasteiger partial charge in [-0.1, -0.05) is 39.0 Å². The Morgan fingerprint density at radius 1 is 1.18 bits per heavy atom. The quantitative estimate of drug-likeness (QED) is 0.758. The molecule has 2 rings (SSSR count). The lowest BCUT2D eigenvalue weighted by molar-refractivity contribution is -0.151. The van der Waals surface area contributed by atoms with Crippen LogP contribution in [0.3, 0.4) is 0 Å². The van der Waals surface area contributed by atoms with Crippen LogP contribution < -0.4 is 5.32 Å². The van der Waals surface area contributed by atoms with Crippen LogP contribution in [0, 0.1) is 5.41 Å². The largest absolute Gasteiger partial charge is 0.481 e. The molecule has 1 amide bonds. The zero-order chi connectivity index (χ0) is 16.0. The van der Waals surface area contributed by atoms with Crippen LogP contribution in [0.2, 0.25) is 0 Å². The second kappa shape index (κ2) is 7.95. The van der Waals surface area contributed by atoms with Crippen LogP contribution in [0.25, 0.3) is 0 Å². The van der Waals surface area contributed by atoms with E-state index in [-0.39, 0.29) is 18.6 Å². The van der Waals surface area contributed by atoms with Crippen molar-refractivity contribution >= 4 is 11.9 Å². The number of carbonyl (C=O) groups excluding carboxylic acids is 1. The van der Waals surface area contributed by atoms with E-state index in [1.807, 2.05) is 6.92 Å². The third kappa shape index (κ3) is 4.22. The summed E-state index contributed by atoms with van der Waals surface area (Å²) >= 11 is 0. The van der Waals surface area contributed by atoms with Crippen molar-refractivity contribution in [3.8, 4) is 0 Å². The van der Waals surface area contributed by atoms with Gasteiger partial charge in [0.15, 0.2) is 0 Å². The molecule has 0 saturated heterocycles. The molecule has 0 aromatic carbocycles. The maximum atomic E-state index is 12.3. The van der Waals surface area contributed by atoms with Crippen LogP contribution in [0.4, 0.5) is 0 Å². The topological polar surface area (TPSA) is 75.6 Å². The van der Waals surface area contributed by atoms with E-state index in [0.29, 0.717) is 19.3 Å². The predicted octanol–water partition coefficient (Wildman–Crippen LogP) is 2.88. The molecule has 1 unspecified atom stereocenters. The Balaban J connectivity index is 1.87. The Kier molecular flexibility index (Phi) is 6.24. The summed E-state index contributed by atoms with van der Waals surface area (Å²) in [5.41, 5.74) is -0.778. The van der Waals surface area contributed by atoms with Crippen LogP contribution in [0.5, 0.6) is 0 Å². The molecule has 5 nitrogen and oxygen atoms in total. The fourth-order valence-electron chi connectivity index (χ4n) is 3.67. The molecule has 126 valence electrons. The van der Waals surface area contributed by atoms with E-state index in [1.54, 1.807) is 0 Å². The van der Waals surface area contributed by atoms with E-state index in [2.05, 4.69) is 5.32 Å². The molecule has 0 aromatic rings. The molecule has 2 aliphatic carbocycles. The second-order valence-electron chi connectivity index (χ2n) is 6.80. The highest BCUT2D eigenvalue weighted by molar-refractivity contribution is 5.82. The third-order valence-corrected chi connectivity index (χ3v) is 5.19. The van der Waals surface area contributed by atoms with Gasteiger partial charge < -0.3 is 15.2 Å². The van der Waals surface area contributed by atoms with Crippen molar-refractivity contribution in [3.05, 3.63) is 0 Å². The molecular formula is C17H29NO4. The van der Waals surface area contributed by atoms with E-state index in [0.717, 1.165) is 32.1 Å². The number of carboxylic acids is 1. The molecule has 0 radical (unpaired) electrons. The van der Waals surface area contributed by atoms with E-state index in [9.17, 15) is 14.7 Å². The number of aliphatic carboxylic acids is 1. The van der Waals surface area contributed by atoms with Crippen molar-refractivity contribution in [2.75, 3.05) is 6.54 Å². The summed E-state index contributed by atoms with van der Waals surface area (Å²) in [5, 5.41) is 12.4. The number of rotatable bonds is 7. The lowest BCUT2D eigenvalue weighted by Gasteiger charge is -2.33. The van der Waals surface area contributed by atoms with Crippen molar-refractivity contribution < 1.29 is 19.4 Å². The molecular weight excluding hydrogens is 282 g/mol. The fraction of sp³-hybridized carbons (Fsp3) is 0.882. The SMILES string of the molecule is CCC(OC1CCCC1)C(=O)NCC1(C(=O)O)CCCCC1. The number of amides is 1. The molecule has 2 saturated carbocycles. The predicted molar refractivity (Wildman–Crippen MR) is 83.6 cm³/mol. The monoisotopic (exact) mass is 311 g/mol. The normalized spacial score (nSPS) is 23.1. The first-order chi connectivity index (χ1) is 10.6. The zero-order valence-corrected chi connectivity index (χ0v) is 13.6. The van der Waals surface area contributed by atoms with Crippen LogP contribution in [-0.2, 0) is 14.3 Å². The van der Waals surface area contributed by atoms with E-state index >= 15 is 0 Å². The van der Waals surface area contributed by atoms with Crippen LogP contribution >= 0.6 is 0 Å². The molecule has 0 spiro atoms. The first-order valence-corrected chi connectivity index (χ1v) is 8.74. The van der Waals surface area contributed by atoms with Gasteiger partial charge >= 0.3 is 5.97 Å². The maximum absolute atomic E-state index is 12.3. The van der Waals surface area contributed by atoms with Gasteiger partial charge in [-0.15, -0.1) is 0 Å². The van der Waals surface area contributed by atoms with E-state index < -0.39 is 17.5 Å². The van der Waals surface area contributed by atoms with Gasteiger partial charge in [0.25, 0.3) is 0 Å².